The van der Waals surface area contributed by atoms with Crippen LogP contribution in [-0.4, -0.2) is 31.4 Å². The summed E-state index contributed by atoms with van der Waals surface area (Å²) in [6.07, 6.45) is 0.437. The Morgan fingerprint density at radius 3 is 2.52 bits per heavy atom. The maximum Gasteiger partial charge on any atom is 0.252 e. The third-order valence-corrected chi connectivity index (χ3v) is 3.26. The lowest BCUT2D eigenvalue weighted by Crippen LogP contribution is -2.31. The van der Waals surface area contributed by atoms with Crippen molar-refractivity contribution in [3.63, 3.8) is 0 Å². The molecule has 0 atom stereocenters. The average Bonchev–Trinajstić information content (AvgIpc) is 2.44. The van der Waals surface area contributed by atoms with Crippen LogP contribution >= 0.6 is 24.0 Å². The Bertz CT molecular complexity index is 522. The maximum absolute atomic E-state index is 12.1. The quantitative estimate of drug-likeness (QED) is 0.623. The molecule has 0 saturated heterocycles. The summed E-state index contributed by atoms with van der Waals surface area (Å²) in [4.78, 5) is 23.9. The van der Waals surface area contributed by atoms with Gasteiger partial charge in [-0.1, -0.05) is 32.4 Å². The standard InChI is InChI=1S/C16H24ClN3O2.ClH/c1-4-18-7-8-19-16(22)13-10-12(5-6-14(13)17)20-15(21)9-11(2)3;/h5-6,10-11,18H,4,7-9H2,1-3H3,(H,19,22)(H,20,21);1H. The highest BCUT2D eigenvalue weighted by Crippen LogP contribution is 2.21. The van der Waals surface area contributed by atoms with E-state index in [4.69, 9.17) is 11.6 Å². The van der Waals surface area contributed by atoms with E-state index in [0.29, 0.717) is 35.8 Å². The number of anilines is 1. The molecule has 1 rings (SSSR count). The van der Waals surface area contributed by atoms with Crippen molar-refractivity contribution in [1.82, 2.24) is 10.6 Å². The van der Waals surface area contributed by atoms with Crippen LogP contribution in [0.3, 0.4) is 0 Å². The highest BCUT2D eigenvalue weighted by atomic mass is 35.5. The van der Waals surface area contributed by atoms with Gasteiger partial charge in [-0.15, -0.1) is 12.4 Å². The van der Waals surface area contributed by atoms with E-state index in [1.807, 2.05) is 20.8 Å². The zero-order chi connectivity index (χ0) is 16.5. The summed E-state index contributed by atoms with van der Waals surface area (Å²) in [5.74, 6) is -0.0418. The second-order valence-electron chi connectivity index (χ2n) is 5.45. The second kappa shape index (κ2) is 11.3. The van der Waals surface area contributed by atoms with E-state index in [9.17, 15) is 9.59 Å². The first kappa shape index (κ1) is 21.7. The minimum Gasteiger partial charge on any atom is -0.351 e. The summed E-state index contributed by atoms with van der Waals surface area (Å²) < 4.78 is 0. The molecule has 2 amide bonds. The summed E-state index contributed by atoms with van der Waals surface area (Å²) in [6, 6.07) is 4.91. The molecule has 0 aromatic heterocycles. The normalized spacial score (nSPS) is 10.1. The number of halogens is 2. The molecular weight excluding hydrogens is 337 g/mol. The number of carbonyl (C=O) groups is 2. The van der Waals surface area contributed by atoms with E-state index >= 15 is 0 Å². The lowest BCUT2D eigenvalue weighted by Gasteiger charge is -2.11. The van der Waals surface area contributed by atoms with Gasteiger partial charge >= 0.3 is 0 Å². The first-order chi connectivity index (χ1) is 10.4. The van der Waals surface area contributed by atoms with E-state index in [1.165, 1.54) is 0 Å². The predicted octanol–water partition coefficient (Wildman–Crippen LogP) is 3.09. The lowest BCUT2D eigenvalue weighted by molar-refractivity contribution is -0.116. The van der Waals surface area contributed by atoms with Gasteiger partial charge in [0.1, 0.15) is 0 Å². The molecule has 1 aromatic rings. The summed E-state index contributed by atoms with van der Waals surface area (Å²) >= 11 is 6.06. The van der Waals surface area contributed by atoms with Crippen LogP contribution in [0.4, 0.5) is 5.69 Å². The van der Waals surface area contributed by atoms with Crippen molar-refractivity contribution in [3.8, 4) is 0 Å². The number of rotatable bonds is 8. The number of amides is 2. The largest absolute Gasteiger partial charge is 0.351 e. The van der Waals surface area contributed by atoms with Gasteiger partial charge in [0, 0.05) is 25.2 Å². The Kier molecular flexibility index (Phi) is 10.6. The van der Waals surface area contributed by atoms with Gasteiger partial charge in [0.2, 0.25) is 5.91 Å². The van der Waals surface area contributed by atoms with Crippen LogP contribution in [0.15, 0.2) is 18.2 Å². The van der Waals surface area contributed by atoms with Crippen LogP contribution in [-0.2, 0) is 4.79 Å². The fourth-order valence-electron chi connectivity index (χ4n) is 1.90. The van der Waals surface area contributed by atoms with Crippen LogP contribution < -0.4 is 16.0 Å². The topological polar surface area (TPSA) is 70.2 Å². The van der Waals surface area contributed by atoms with E-state index in [2.05, 4.69) is 16.0 Å². The van der Waals surface area contributed by atoms with Crippen molar-refractivity contribution in [2.24, 2.45) is 5.92 Å². The minimum absolute atomic E-state index is 0. The lowest BCUT2D eigenvalue weighted by atomic mass is 10.1. The number of benzene rings is 1. The molecule has 0 saturated carbocycles. The predicted molar refractivity (Wildman–Crippen MR) is 97.7 cm³/mol. The first-order valence-corrected chi connectivity index (χ1v) is 7.90. The van der Waals surface area contributed by atoms with Crippen LogP contribution in [0.5, 0.6) is 0 Å². The number of hydrogen-bond donors (Lipinski definition) is 3. The van der Waals surface area contributed by atoms with Gasteiger partial charge in [-0.25, -0.2) is 0 Å². The van der Waals surface area contributed by atoms with Gasteiger partial charge < -0.3 is 16.0 Å². The average molecular weight is 362 g/mol. The van der Waals surface area contributed by atoms with Crippen LogP contribution in [0.1, 0.15) is 37.6 Å². The van der Waals surface area contributed by atoms with Crippen LogP contribution in [0.2, 0.25) is 5.02 Å². The number of nitrogens with one attached hydrogen (secondary N) is 3. The minimum atomic E-state index is -0.247. The Labute approximate surface area is 149 Å². The third kappa shape index (κ3) is 8.21. The Balaban J connectivity index is 0.00000484. The molecule has 0 aliphatic rings. The van der Waals surface area contributed by atoms with Crippen molar-refractivity contribution in [2.45, 2.75) is 27.2 Å². The molecule has 0 heterocycles. The fourth-order valence-corrected chi connectivity index (χ4v) is 2.10. The maximum atomic E-state index is 12.1. The van der Waals surface area contributed by atoms with Crippen LogP contribution in [0.25, 0.3) is 0 Å². The monoisotopic (exact) mass is 361 g/mol. The molecule has 0 radical (unpaired) electrons. The van der Waals surface area contributed by atoms with E-state index < -0.39 is 0 Å². The Morgan fingerprint density at radius 1 is 1.22 bits per heavy atom. The highest BCUT2D eigenvalue weighted by Gasteiger charge is 2.12. The molecule has 130 valence electrons. The number of carbonyl (C=O) groups excluding carboxylic acids is 2. The molecule has 23 heavy (non-hydrogen) atoms. The summed E-state index contributed by atoms with van der Waals surface area (Å²) in [5, 5.41) is 9.06. The zero-order valence-electron chi connectivity index (χ0n) is 13.7. The van der Waals surface area contributed by atoms with Crippen molar-refractivity contribution in [1.29, 1.82) is 0 Å². The van der Waals surface area contributed by atoms with Gasteiger partial charge in [-0.3, -0.25) is 9.59 Å². The molecular formula is C16H25Cl2N3O2. The van der Waals surface area contributed by atoms with E-state index in [0.717, 1.165) is 6.54 Å². The molecule has 0 bridgehead atoms. The van der Waals surface area contributed by atoms with Gasteiger partial charge in [0.25, 0.3) is 5.91 Å². The molecule has 0 spiro atoms. The Hall–Kier alpha value is -1.30. The fraction of sp³-hybridized carbons (Fsp3) is 0.500. The summed E-state index contributed by atoms with van der Waals surface area (Å²) in [7, 11) is 0. The van der Waals surface area contributed by atoms with Crippen molar-refractivity contribution in [3.05, 3.63) is 28.8 Å². The zero-order valence-corrected chi connectivity index (χ0v) is 15.3. The molecule has 1 aromatic carbocycles. The molecule has 0 unspecified atom stereocenters. The third-order valence-electron chi connectivity index (χ3n) is 2.93. The van der Waals surface area contributed by atoms with E-state index in [1.54, 1.807) is 18.2 Å². The molecule has 0 aliphatic heterocycles. The smallest absolute Gasteiger partial charge is 0.252 e. The molecule has 3 N–H and O–H groups in total. The van der Waals surface area contributed by atoms with Gasteiger partial charge in [-0.2, -0.15) is 0 Å². The van der Waals surface area contributed by atoms with Crippen LogP contribution in [0, 0.1) is 5.92 Å². The van der Waals surface area contributed by atoms with Gasteiger partial charge in [0.15, 0.2) is 0 Å². The number of likely N-dealkylation sites (N-methyl/N-ethyl adjacent to an activating group) is 1. The SMILES string of the molecule is CCNCCNC(=O)c1cc(NC(=O)CC(C)C)ccc1Cl.Cl. The molecule has 5 nitrogen and oxygen atoms in total. The highest BCUT2D eigenvalue weighted by molar-refractivity contribution is 6.34. The van der Waals surface area contributed by atoms with Crippen molar-refractivity contribution < 1.29 is 9.59 Å². The second-order valence-corrected chi connectivity index (χ2v) is 5.86. The van der Waals surface area contributed by atoms with Gasteiger partial charge in [0.05, 0.1) is 10.6 Å². The van der Waals surface area contributed by atoms with Crippen molar-refractivity contribution >= 4 is 41.5 Å². The van der Waals surface area contributed by atoms with E-state index in [-0.39, 0.29) is 30.1 Å². The summed E-state index contributed by atoms with van der Waals surface area (Å²) in [5.41, 5.74) is 0.937. The molecule has 0 fully saturated rings. The Morgan fingerprint density at radius 2 is 1.91 bits per heavy atom. The molecule has 0 aliphatic carbocycles. The number of hydrogen-bond acceptors (Lipinski definition) is 3. The molecule has 7 heteroatoms. The summed E-state index contributed by atoms with van der Waals surface area (Å²) in [6.45, 7) is 8.03. The van der Waals surface area contributed by atoms with Crippen molar-refractivity contribution in [2.75, 3.05) is 25.0 Å². The first-order valence-electron chi connectivity index (χ1n) is 7.52. The van der Waals surface area contributed by atoms with Gasteiger partial charge in [-0.05, 0) is 30.7 Å².